The van der Waals surface area contributed by atoms with Crippen LogP contribution in [-0.4, -0.2) is 55.3 Å². The molecular formula is C21H21F2N5O4S. The number of hydrogen-bond donors (Lipinski definition) is 3. The molecule has 0 unspecified atom stereocenters. The lowest BCUT2D eigenvalue weighted by Crippen LogP contribution is -2.45. The number of para-hydroxylation sites is 1. The molecule has 12 heteroatoms. The standard InChI is InChI=1S/C21H21F2N5O4S/c22-13-4-3-5-16(9-13)33(31,32)25-10-15-8-14(23)11-27(15)21(30)26-18-12-28(20(24)29)19-7-2-1-6-17(18)19/h1-7,9,12,14-15,25H,8,10-11H2,(H2,24,29)(H,26,30)/t14-,15+/m1/s1. The van der Waals surface area contributed by atoms with Crippen LogP contribution >= 0.6 is 0 Å². The van der Waals surface area contributed by atoms with Gasteiger partial charge in [-0.25, -0.2) is 31.5 Å². The second-order valence-electron chi connectivity index (χ2n) is 7.65. The number of sulfonamides is 1. The summed E-state index contributed by atoms with van der Waals surface area (Å²) in [6, 6.07) is 9.11. The number of carbonyl (C=O) groups excluding carboxylic acids is 2. The van der Waals surface area contributed by atoms with Gasteiger partial charge < -0.3 is 16.0 Å². The summed E-state index contributed by atoms with van der Waals surface area (Å²) in [5.74, 6) is -0.710. The number of aromatic nitrogens is 1. The molecule has 0 bridgehead atoms. The van der Waals surface area contributed by atoms with E-state index in [0.29, 0.717) is 16.6 Å². The normalized spacial score (nSPS) is 18.5. The lowest BCUT2D eigenvalue weighted by atomic mass is 10.2. The molecule has 174 valence electrons. The molecule has 0 radical (unpaired) electrons. The van der Waals surface area contributed by atoms with E-state index in [1.54, 1.807) is 24.3 Å². The Kier molecular flexibility index (Phi) is 6.04. The number of alkyl halides is 1. The van der Waals surface area contributed by atoms with Crippen LogP contribution in [0.5, 0.6) is 0 Å². The maximum absolute atomic E-state index is 14.2. The molecule has 0 spiro atoms. The maximum Gasteiger partial charge on any atom is 0.323 e. The Morgan fingerprint density at radius 1 is 1.15 bits per heavy atom. The van der Waals surface area contributed by atoms with E-state index < -0.39 is 40.1 Å². The summed E-state index contributed by atoms with van der Waals surface area (Å²) in [5, 5.41) is 3.21. The third-order valence-corrected chi connectivity index (χ3v) is 6.85. The third-order valence-electron chi connectivity index (χ3n) is 5.43. The molecule has 33 heavy (non-hydrogen) atoms. The zero-order valence-electron chi connectivity index (χ0n) is 17.2. The fourth-order valence-electron chi connectivity index (χ4n) is 3.87. The molecule has 3 aromatic rings. The minimum Gasteiger partial charge on any atom is -0.351 e. The van der Waals surface area contributed by atoms with Gasteiger partial charge in [0.25, 0.3) is 0 Å². The Balaban J connectivity index is 1.51. The van der Waals surface area contributed by atoms with Gasteiger partial charge in [0.05, 0.1) is 22.6 Å². The highest BCUT2D eigenvalue weighted by Crippen LogP contribution is 2.27. The van der Waals surface area contributed by atoms with Crippen LogP contribution in [0.25, 0.3) is 10.9 Å². The highest BCUT2D eigenvalue weighted by molar-refractivity contribution is 7.89. The molecule has 2 aromatic carbocycles. The number of likely N-dealkylation sites (tertiary alicyclic amines) is 1. The van der Waals surface area contributed by atoms with E-state index in [4.69, 9.17) is 5.73 Å². The van der Waals surface area contributed by atoms with E-state index in [1.165, 1.54) is 27.8 Å². The number of nitrogens with zero attached hydrogens (tertiary/aromatic N) is 2. The van der Waals surface area contributed by atoms with Crippen LogP contribution in [0.1, 0.15) is 6.42 Å². The van der Waals surface area contributed by atoms with Gasteiger partial charge in [0.15, 0.2) is 0 Å². The first-order valence-corrected chi connectivity index (χ1v) is 11.5. The number of fused-ring (bicyclic) bond motifs is 1. The monoisotopic (exact) mass is 477 g/mol. The Morgan fingerprint density at radius 3 is 2.64 bits per heavy atom. The van der Waals surface area contributed by atoms with E-state index in [-0.39, 0.29) is 24.4 Å². The Morgan fingerprint density at radius 2 is 1.91 bits per heavy atom. The summed E-state index contributed by atoms with van der Waals surface area (Å²) >= 11 is 0. The van der Waals surface area contributed by atoms with Crippen molar-refractivity contribution in [1.82, 2.24) is 14.2 Å². The number of nitrogens with two attached hydrogens (primary N) is 1. The molecule has 4 rings (SSSR count). The van der Waals surface area contributed by atoms with Gasteiger partial charge in [0, 0.05) is 30.6 Å². The average molecular weight is 477 g/mol. The molecule has 3 amide bonds. The lowest BCUT2D eigenvalue weighted by Gasteiger charge is -2.24. The fourth-order valence-corrected chi connectivity index (χ4v) is 4.98. The van der Waals surface area contributed by atoms with Gasteiger partial charge in [-0.15, -0.1) is 0 Å². The smallest absolute Gasteiger partial charge is 0.323 e. The first kappa shape index (κ1) is 22.7. The molecule has 1 aromatic heterocycles. The largest absolute Gasteiger partial charge is 0.351 e. The van der Waals surface area contributed by atoms with Crippen molar-refractivity contribution in [2.24, 2.45) is 5.73 Å². The number of amides is 3. The predicted molar refractivity (Wildman–Crippen MR) is 118 cm³/mol. The van der Waals surface area contributed by atoms with Gasteiger partial charge in [-0.1, -0.05) is 24.3 Å². The van der Waals surface area contributed by atoms with Gasteiger partial charge >= 0.3 is 12.1 Å². The van der Waals surface area contributed by atoms with Gasteiger partial charge in [-0.3, -0.25) is 4.57 Å². The second-order valence-corrected chi connectivity index (χ2v) is 9.41. The van der Waals surface area contributed by atoms with Crippen molar-refractivity contribution in [3.05, 3.63) is 60.5 Å². The molecule has 4 N–H and O–H groups in total. The number of anilines is 1. The summed E-state index contributed by atoms with van der Waals surface area (Å²) in [6.07, 6.45) is -0.0380. The number of benzene rings is 2. The number of carbonyl (C=O) groups is 2. The summed E-state index contributed by atoms with van der Waals surface area (Å²) in [4.78, 5) is 25.6. The van der Waals surface area contributed by atoms with Crippen LogP contribution in [0.3, 0.4) is 0 Å². The van der Waals surface area contributed by atoms with Crippen molar-refractivity contribution in [2.75, 3.05) is 18.4 Å². The van der Waals surface area contributed by atoms with Gasteiger partial charge in [-0.2, -0.15) is 0 Å². The number of urea groups is 1. The van der Waals surface area contributed by atoms with E-state index in [9.17, 15) is 26.8 Å². The molecule has 1 saturated heterocycles. The molecule has 9 nitrogen and oxygen atoms in total. The minimum atomic E-state index is -4.06. The molecule has 0 saturated carbocycles. The minimum absolute atomic E-state index is 0.0673. The molecule has 1 aliphatic rings. The summed E-state index contributed by atoms with van der Waals surface area (Å²) in [6.45, 7) is -0.484. The maximum atomic E-state index is 14.2. The van der Waals surface area contributed by atoms with Crippen LogP contribution in [0.2, 0.25) is 0 Å². The van der Waals surface area contributed by atoms with E-state index >= 15 is 0 Å². The summed E-state index contributed by atoms with van der Waals surface area (Å²) < 4.78 is 56.0. The Labute approximate surface area is 188 Å². The third kappa shape index (κ3) is 4.66. The van der Waals surface area contributed by atoms with Crippen LogP contribution < -0.4 is 15.8 Å². The number of nitrogens with one attached hydrogen (secondary N) is 2. The van der Waals surface area contributed by atoms with Gasteiger partial charge in [0.2, 0.25) is 10.0 Å². The fraction of sp³-hybridized carbons (Fsp3) is 0.238. The van der Waals surface area contributed by atoms with Crippen LogP contribution in [-0.2, 0) is 10.0 Å². The van der Waals surface area contributed by atoms with Crippen molar-refractivity contribution >= 4 is 38.7 Å². The second kappa shape index (κ2) is 8.79. The number of primary amides is 1. The van der Waals surface area contributed by atoms with E-state index in [0.717, 1.165) is 12.1 Å². The van der Waals surface area contributed by atoms with Crippen molar-refractivity contribution in [3.8, 4) is 0 Å². The van der Waals surface area contributed by atoms with Gasteiger partial charge in [0.1, 0.15) is 12.0 Å². The molecular weight excluding hydrogens is 456 g/mol. The van der Waals surface area contributed by atoms with Gasteiger partial charge in [-0.05, 0) is 24.3 Å². The number of hydrogen-bond acceptors (Lipinski definition) is 4. The van der Waals surface area contributed by atoms with E-state index in [1.807, 2.05) is 0 Å². The summed E-state index contributed by atoms with van der Waals surface area (Å²) in [5.41, 5.74) is 6.18. The topological polar surface area (TPSA) is 127 Å². The molecule has 1 fully saturated rings. The lowest BCUT2D eigenvalue weighted by molar-refractivity contribution is 0.204. The van der Waals surface area contributed by atoms with Crippen LogP contribution in [0.15, 0.2) is 59.6 Å². The summed E-state index contributed by atoms with van der Waals surface area (Å²) in [7, 11) is -4.06. The average Bonchev–Trinajstić information content (AvgIpc) is 3.33. The van der Waals surface area contributed by atoms with Crippen molar-refractivity contribution in [2.45, 2.75) is 23.5 Å². The highest BCUT2D eigenvalue weighted by Gasteiger charge is 2.36. The molecule has 2 atom stereocenters. The number of rotatable bonds is 5. The quantitative estimate of drug-likeness (QED) is 0.522. The molecule has 0 aliphatic carbocycles. The Hall–Kier alpha value is -3.51. The molecule has 2 heterocycles. The Bertz CT molecular complexity index is 1330. The zero-order valence-corrected chi connectivity index (χ0v) is 18.1. The van der Waals surface area contributed by atoms with Crippen molar-refractivity contribution in [1.29, 1.82) is 0 Å². The van der Waals surface area contributed by atoms with Crippen LogP contribution in [0, 0.1) is 5.82 Å². The van der Waals surface area contributed by atoms with Crippen molar-refractivity contribution < 1.29 is 26.8 Å². The molecule has 1 aliphatic heterocycles. The zero-order chi connectivity index (χ0) is 23.8. The first-order chi connectivity index (χ1) is 15.7. The van der Waals surface area contributed by atoms with Crippen LogP contribution in [0.4, 0.5) is 24.1 Å². The van der Waals surface area contributed by atoms with Crippen molar-refractivity contribution in [3.63, 3.8) is 0 Å². The predicted octanol–water partition coefficient (Wildman–Crippen LogP) is 2.63. The highest BCUT2D eigenvalue weighted by atomic mass is 32.2. The SMILES string of the molecule is NC(=O)n1cc(NC(=O)N2C[C@H](F)C[C@H]2CNS(=O)(=O)c2cccc(F)c2)c2ccccc21. The number of halogens is 2. The first-order valence-electron chi connectivity index (χ1n) is 10.0. The van der Waals surface area contributed by atoms with E-state index in [2.05, 4.69) is 10.0 Å².